The summed E-state index contributed by atoms with van der Waals surface area (Å²) in [5.41, 5.74) is 1.13. The van der Waals surface area contributed by atoms with Gasteiger partial charge in [-0.25, -0.2) is 0 Å². The molecule has 0 fully saturated rings. The Morgan fingerprint density at radius 3 is 2.16 bits per heavy atom. The van der Waals surface area contributed by atoms with Gasteiger partial charge in [0.1, 0.15) is 0 Å². The average Bonchev–Trinajstić information content (AvgIpc) is 2.60. The largest absolute Gasteiger partial charge is 0.493 e. The molecule has 0 aliphatic heterocycles. The Labute approximate surface area is 156 Å². The summed E-state index contributed by atoms with van der Waals surface area (Å²) in [5, 5.41) is 6.67. The Balaban J connectivity index is 2.07. The Morgan fingerprint density at radius 2 is 1.64 bits per heavy atom. The molecule has 0 saturated heterocycles. The zero-order chi connectivity index (χ0) is 18.4. The van der Waals surface area contributed by atoms with Crippen molar-refractivity contribution in [2.75, 3.05) is 38.5 Å². The van der Waals surface area contributed by atoms with Gasteiger partial charge in [0.2, 0.25) is 11.7 Å². The number of anilines is 2. The molecule has 0 aromatic heterocycles. The predicted molar refractivity (Wildman–Crippen MR) is 99.7 cm³/mol. The fourth-order valence-corrected chi connectivity index (χ4v) is 2.64. The maximum absolute atomic E-state index is 12.2. The molecule has 0 aliphatic carbocycles. The molecule has 6 nitrogen and oxygen atoms in total. The number of methoxy groups -OCH3 is 3. The summed E-state index contributed by atoms with van der Waals surface area (Å²) in [7, 11) is 4.53. The third-order valence-corrected chi connectivity index (χ3v) is 3.87. The lowest BCUT2D eigenvalue weighted by molar-refractivity contribution is -0.114. The molecule has 0 atom stereocenters. The molecule has 25 heavy (non-hydrogen) atoms. The van der Waals surface area contributed by atoms with Gasteiger partial charge in [0.05, 0.1) is 38.6 Å². The van der Waals surface area contributed by atoms with Crippen LogP contribution in [0.1, 0.15) is 0 Å². The van der Waals surface area contributed by atoms with E-state index in [2.05, 4.69) is 10.6 Å². The second-order valence-electron chi connectivity index (χ2n) is 4.94. The van der Waals surface area contributed by atoms with Gasteiger partial charge < -0.3 is 24.8 Å². The first kappa shape index (κ1) is 19.0. The van der Waals surface area contributed by atoms with Crippen LogP contribution in [0.5, 0.6) is 17.2 Å². The highest BCUT2D eigenvalue weighted by atomic mass is 35.5. The number of halogens is 2. The van der Waals surface area contributed by atoms with Crippen molar-refractivity contribution in [3.8, 4) is 17.2 Å². The molecular formula is C17H18Cl2N2O4. The first-order valence-electron chi connectivity index (χ1n) is 7.27. The van der Waals surface area contributed by atoms with Crippen LogP contribution >= 0.6 is 23.2 Å². The molecule has 0 unspecified atom stereocenters. The average molecular weight is 385 g/mol. The van der Waals surface area contributed by atoms with Crippen LogP contribution in [0.25, 0.3) is 0 Å². The molecule has 0 bridgehead atoms. The first-order chi connectivity index (χ1) is 12.0. The number of nitrogens with one attached hydrogen (secondary N) is 2. The van der Waals surface area contributed by atoms with E-state index in [0.29, 0.717) is 38.7 Å². The van der Waals surface area contributed by atoms with E-state index in [1.54, 1.807) is 30.3 Å². The van der Waals surface area contributed by atoms with Crippen LogP contribution in [0.2, 0.25) is 10.0 Å². The van der Waals surface area contributed by atoms with E-state index in [-0.39, 0.29) is 12.5 Å². The van der Waals surface area contributed by atoms with Crippen molar-refractivity contribution < 1.29 is 19.0 Å². The number of benzene rings is 2. The zero-order valence-electron chi connectivity index (χ0n) is 14.0. The Bertz CT molecular complexity index is 743. The SMILES string of the molecule is COc1cc(NC(=O)CNc2ccc(Cl)cc2Cl)cc(OC)c1OC. The van der Waals surface area contributed by atoms with Crippen molar-refractivity contribution in [2.45, 2.75) is 0 Å². The van der Waals surface area contributed by atoms with Crippen LogP contribution in [0.4, 0.5) is 11.4 Å². The quantitative estimate of drug-likeness (QED) is 0.752. The number of rotatable bonds is 7. The van der Waals surface area contributed by atoms with Crippen molar-refractivity contribution in [3.05, 3.63) is 40.4 Å². The summed E-state index contributed by atoms with van der Waals surface area (Å²) >= 11 is 11.9. The van der Waals surface area contributed by atoms with Crippen LogP contribution in [-0.2, 0) is 4.79 Å². The number of hydrogen-bond donors (Lipinski definition) is 2. The maximum Gasteiger partial charge on any atom is 0.243 e. The number of carbonyl (C=O) groups is 1. The fraction of sp³-hybridized carbons (Fsp3) is 0.235. The third kappa shape index (κ3) is 4.84. The second kappa shape index (κ2) is 8.69. The summed E-state index contributed by atoms with van der Waals surface area (Å²) in [6.07, 6.45) is 0. The van der Waals surface area contributed by atoms with Crippen LogP contribution in [0.3, 0.4) is 0 Å². The monoisotopic (exact) mass is 384 g/mol. The molecule has 2 rings (SSSR count). The van der Waals surface area contributed by atoms with E-state index in [0.717, 1.165) is 0 Å². The summed E-state index contributed by atoms with van der Waals surface area (Å²) < 4.78 is 15.8. The normalized spacial score (nSPS) is 10.1. The molecule has 0 spiro atoms. The Morgan fingerprint density at radius 1 is 1.00 bits per heavy atom. The van der Waals surface area contributed by atoms with Crippen molar-refractivity contribution in [3.63, 3.8) is 0 Å². The highest BCUT2D eigenvalue weighted by Gasteiger charge is 2.14. The maximum atomic E-state index is 12.2. The van der Waals surface area contributed by atoms with Crippen molar-refractivity contribution >= 4 is 40.5 Å². The molecule has 0 saturated carbocycles. The summed E-state index contributed by atoms with van der Waals surface area (Å²) in [5.74, 6) is 1.09. The molecule has 8 heteroatoms. The molecule has 134 valence electrons. The van der Waals surface area contributed by atoms with Crippen molar-refractivity contribution in [1.82, 2.24) is 0 Å². The van der Waals surface area contributed by atoms with Gasteiger partial charge >= 0.3 is 0 Å². The molecule has 2 aromatic rings. The third-order valence-electron chi connectivity index (χ3n) is 3.32. The van der Waals surface area contributed by atoms with Gasteiger partial charge in [0.15, 0.2) is 11.5 Å². The van der Waals surface area contributed by atoms with Crippen LogP contribution in [0.15, 0.2) is 30.3 Å². The van der Waals surface area contributed by atoms with Crippen molar-refractivity contribution in [2.24, 2.45) is 0 Å². The minimum atomic E-state index is -0.264. The lowest BCUT2D eigenvalue weighted by Gasteiger charge is -2.15. The zero-order valence-corrected chi connectivity index (χ0v) is 15.5. The highest BCUT2D eigenvalue weighted by Crippen LogP contribution is 2.39. The summed E-state index contributed by atoms with van der Waals surface area (Å²) in [4.78, 5) is 12.2. The summed E-state index contributed by atoms with van der Waals surface area (Å²) in [6.45, 7) is 0.0258. The van der Waals surface area contributed by atoms with Crippen molar-refractivity contribution in [1.29, 1.82) is 0 Å². The molecule has 0 aliphatic rings. The molecule has 2 N–H and O–H groups in total. The van der Waals surface area contributed by atoms with Crippen LogP contribution < -0.4 is 24.8 Å². The summed E-state index contributed by atoms with van der Waals surface area (Å²) in [6, 6.07) is 8.29. The first-order valence-corrected chi connectivity index (χ1v) is 8.02. The molecular weight excluding hydrogens is 367 g/mol. The number of carbonyl (C=O) groups excluding carboxylic acids is 1. The van der Waals surface area contributed by atoms with E-state index in [1.165, 1.54) is 21.3 Å². The molecule has 1 amide bonds. The van der Waals surface area contributed by atoms with Gasteiger partial charge in [-0.3, -0.25) is 4.79 Å². The Hall–Kier alpha value is -2.31. The Kier molecular flexibility index (Phi) is 6.61. The molecule has 2 aromatic carbocycles. The second-order valence-corrected chi connectivity index (χ2v) is 5.78. The fourth-order valence-electron chi connectivity index (χ4n) is 2.17. The highest BCUT2D eigenvalue weighted by molar-refractivity contribution is 6.36. The van der Waals surface area contributed by atoms with Gasteiger partial charge in [-0.1, -0.05) is 23.2 Å². The number of hydrogen-bond acceptors (Lipinski definition) is 5. The predicted octanol–water partition coefficient (Wildman–Crippen LogP) is 4.07. The number of ether oxygens (including phenoxy) is 3. The van der Waals surface area contributed by atoms with E-state index in [1.807, 2.05) is 0 Å². The van der Waals surface area contributed by atoms with Gasteiger partial charge in [0.25, 0.3) is 0 Å². The van der Waals surface area contributed by atoms with Gasteiger partial charge in [-0.2, -0.15) is 0 Å². The van der Waals surface area contributed by atoms with Crippen LogP contribution in [0, 0.1) is 0 Å². The molecule has 0 radical (unpaired) electrons. The van der Waals surface area contributed by atoms with E-state index < -0.39 is 0 Å². The minimum Gasteiger partial charge on any atom is -0.493 e. The topological polar surface area (TPSA) is 68.8 Å². The van der Waals surface area contributed by atoms with Gasteiger partial charge in [-0.05, 0) is 18.2 Å². The van der Waals surface area contributed by atoms with E-state index in [4.69, 9.17) is 37.4 Å². The van der Waals surface area contributed by atoms with Gasteiger partial charge in [-0.15, -0.1) is 0 Å². The lowest BCUT2D eigenvalue weighted by atomic mass is 10.2. The standard InChI is InChI=1S/C17H18Cl2N2O4/c1-23-14-7-11(8-15(24-2)17(14)25-3)21-16(22)9-20-13-5-4-10(18)6-12(13)19/h4-8,20H,9H2,1-3H3,(H,21,22). The number of amides is 1. The minimum absolute atomic E-state index is 0.0258. The van der Waals surface area contributed by atoms with E-state index >= 15 is 0 Å². The van der Waals surface area contributed by atoms with Gasteiger partial charge in [0, 0.05) is 22.8 Å². The smallest absolute Gasteiger partial charge is 0.243 e. The molecule has 0 heterocycles. The van der Waals surface area contributed by atoms with Crippen LogP contribution in [-0.4, -0.2) is 33.8 Å². The van der Waals surface area contributed by atoms with E-state index in [9.17, 15) is 4.79 Å². The lowest BCUT2D eigenvalue weighted by Crippen LogP contribution is -2.22.